The van der Waals surface area contributed by atoms with Crippen LogP contribution in [0.15, 0.2) is 29.6 Å². The molecule has 3 rings (SSSR count). The van der Waals surface area contributed by atoms with Gasteiger partial charge in [0, 0.05) is 28.7 Å². The molecule has 0 bridgehead atoms. The summed E-state index contributed by atoms with van der Waals surface area (Å²) in [6.07, 6.45) is 1.47. The number of aryl methyl sites for hydroxylation is 1. The van der Waals surface area contributed by atoms with Crippen LogP contribution in [0.4, 0.5) is 0 Å². The maximum atomic E-state index is 12.2. The van der Waals surface area contributed by atoms with E-state index in [0.29, 0.717) is 12.1 Å². The van der Waals surface area contributed by atoms with E-state index in [-0.39, 0.29) is 5.91 Å². The molecule has 6 heteroatoms. The van der Waals surface area contributed by atoms with Crippen molar-refractivity contribution in [3.8, 4) is 10.6 Å². The molecule has 0 atom stereocenters. The van der Waals surface area contributed by atoms with Gasteiger partial charge in [-0.1, -0.05) is 12.1 Å². The highest BCUT2D eigenvalue weighted by atomic mass is 32.2. The Morgan fingerprint density at radius 2 is 2.00 bits per heavy atom. The second-order valence-corrected chi connectivity index (χ2v) is 7.97. The van der Waals surface area contributed by atoms with Gasteiger partial charge in [-0.15, -0.1) is 11.3 Å². The summed E-state index contributed by atoms with van der Waals surface area (Å²) in [6, 6.07) is 7.45. The van der Waals surface area contributed by atoms with E-state index in [4.69, 9.17) is 0 Å². The first kappa shape index (κ1) is 16.5. The summed E-state index contributed by atoms with van der Waals surface area (Å²) in [6.45, 7) is 2.29. The average molecular weight is 348 g/mol. The van der Waals surface area contributed by atoms with E-state index in [9.17, 15) is 9.90 Å². The van der Waals surface area contributed by atoms with Crippen molar-refractivity contribution in [2.45, 2.75) is 25.4 Å². The lowest BCUT2D eigenvalue weighted by Crippen LogP contribution is -2.45. The largest absolute Gasteiger partial charge is 0.388 e. The highest BCUT2D eigenvalue weighted by molar-refractivity contribution is 7.99. The van der Waals surface area contributed by atoms with Gasteiger partial charge in [-0.2, -0.15) is 11.8 Å². The van der Waals surface area contributed by atoms with Gasteiger partial charge in [0.25, 0.3) is 5.91 Å². The number of thioether (sulfide) groups is 1. The average Bonchev–Trinajstić information content (AvgIpc) is 3.00. The van der Waals surface area contributed by atoms with Crippen LogP contribution in [0.2, 0.25) is 0 Å². The van der Waals surface area contributed by atoms with E-state index in [1.165, 1.54) is 0 Å². The van der Waals surface area contributed by atoms with Crippen molar-refractivity contribution in [3.63, 3.8) is 0 Å². The predicted molar refractivity (Wildman–Crippen MR) is 96.1 cm³/mol. The van der Waals surface area contributed by atoms with Gasteiger partial charge in [0.15, 0.2) is 0 Å². The van der Waals surface area contributed by atoms with E-state index in [2.05, 4.69) is 10.3 Å². The first-order valence-electron chi connectivity index (χ1n) is 7.67. The van der Waals surface area contributed by atoms with Crippen molar-refractivity contribution >= 4 is 29.0 Å². The number of carbonyl (C=O) groups is 1. The molecule has 1 saturated heterocycles. The normalized spacial score (nSPS) is 17.0. The molecule has 2 aromatic rings. The number of benzene rings is 1. The minimum atomic E-state index is -0.751. The predicted octanol–water partition coefficient (Wildman–Crippen LogP) is 3.11. The van der Waals surface area contributed by atoms with Crippen molar-refractivity contribution in [2.24, 2.45) is 0 Å². The molecule has 0 radical (unpaired) electrons. The second kappa shape index (κ2) is 7.03. The van der Waals surface area contributed by atoms with Gasteiger partial charge >= 0.3 is 0 Å². The van der Waals surface area contributed by atoms with Crippen LogP contribution < -0.4 is 5.32 Å². The lowest BCUT2D eigenvalue weighted by atomic mass is 9.97. The number of aliphatic hydroxyl groups is 1. The third kappa shape index (κ3) is 4.13. The molecular weight excluding hydrogens is 328 g/mol. The molecular formula is C17H20N2O2S2. The molecule has 1 aliphatic heterocycles. The van der Waals surface area contributed by atoms with Gasteiger partial charge in [-0.25, -0.2) is 4.98 Å². The Labute approximate surface area is 144 Å². The lowest BCUT2D eigenvalue weighted by molar-refractivity contribution is 0.0311. The first-order chi connectivity index (χ1) is 11.1. The fraction of sp³-hybridized carbons (Fsp3) is 0.412. The van der Waals surface area contributed by atoms with Crippen molar-refractivity contribution in [3.05, 3.63) is 40.9 Å². The van der Waals surface area contributed by atoms with E-state index >= 15 is 0 Å². The second-order valence-electron chi connectivity index (χ2n) is 5.89. The van der Waals surface area contributed by atoms with Gasteiger partial charge in [-0.3, -0.25) is 4.79 Å². The Balaban J connectivity index is 1.61. The molecule has 122 valence electrons. The van der Waals surface area contributed by atoms with Crippen LogP contribution in [0, 0.1) is 6.92 Å². The number of amides is 1. The molecule has 2 heterocycles. The SMILES string of the molecule is Cc1csc(-c2ccc(C(=O)NCC3(O)CCSCC3)cc2)n1. The van der Waals surface area contributed by atoms with Crippen LogP contribution in [-0.4, -0.2) is 39.6 Å². The fourth-order valence-electron chi connectivity index (χ4n) is 2.53. The molecule has 2 N–H and O–H groups in total. The zero-order chi connectivity index (χ0) is 16.3. The molecule has 1 fully saturated rings. The maximum Gasteiger partial charge on any atom is 0.251 e. The summed E-state index contributed by atoms with van der Waals surface area (Å²) in [5.41, 5.74) is 1.88. The Kier molecular flexibility index (Phi) is 5.04. The fourth-order valence-corrected chi connectivity index (χ4v) is 4.58. The maximum absolute atomic E-state index is 12.2. The van der Waals surface area contributed by atoms with Crippen molar-refractivity contribution in [1.82, 2.24) is 10.3 Å². The third-order valence-electron chi connectivity index (χ3n) is 4.01. The number of nitrogens with zero attached hydrogens (tertiary/aromatic N) is 1. The van der Waals surface area contributed by atoms with Gasteiger partial charge < -0.3 is 10.4 Å². The van der Waals surface area contributed by atoms with Gasteiger partial charge in [0.05, 0.1) is 5.60 Å². The summed E-state index contributed by atoms with van der Waals surface area (Å²) >= 11 is 3.45. The van der Waals surface area contributed by atoms with Crippen molar-refractivity contribution < 1.29 is 9.90 Å². The Hall–Kier alpha value is -1.37. The third-order valence-corrected chi connectivity index (χ3v) is 6.01. The Bertz CT molecular complexity index is 676. The monoisotopic (exact) mass is 348 g/mol. The molecule has 1 amide bonds. The summed E-state index contributed by atoms with van der Waals surface area (Å²) in [4.78, 5) is 16.7. The van der Waals surface area contributed by atoms with Crippen molar-refractivity contribution in [1.29, 1.82) is 0 Å². The first-order valence-corrected chi connectivity index (χ1v) is 9.70. The number of nitrogens with one attached hydrogen (secondary N) is 1. The Morgan fingerprint density at radius 1 is 1.30 bits per heavy atom. The molecule has 1 aromatic heterocycles. The number of carbonyl (C=O) groups excluding carboxylic acids is 1. The highest BCUT2D eigenvalue weighted by Crippen LogP contribution is 2.26. The zero-order valence-corrected chi connectivity index (χ0v) is 14.7. The van der Waals surface area contributed by atoms with Gasteiger partial charge in [-0.05, 0) is 43.4 Å². The lowest BCUT2D eigenvalue weighted by Gasteiger charge is -2.31. The molecule has 0 aliphatic carbocycles. The zero-order valence-electron chi connectivity index (χ0n) is 13.0. The molecule has 4 nitrogen and oxygen atoms in total. The number of rotatable bonds is 4. The van der Waals surface area contributed by atoms with E-state index < -0.39 is 5.60 Å². The minimum Gasteiger partial charge on any atom is -0.388 e. The van der Waals surface area contributed by atoms with Crippen LogP contribution in [-0.2, 0) is 0 Å². The molecule has 0 spiro atoms. The van der Waals surface area contributed by atoms with Crippen LogP contribution >= 0.6 is 23.1 Å². The van der Waals surface area contributed by atoms with Gasteiger partial charge in [0.2, 0.25) is 0 Å². The number of thiazole rings is 1. The molecule has 1 aliphatic rings. The van der Waals surface area contributed by atoms with Crippen molar-refractivity contribution in [2.75, 3.05) is 18.1 Å². The number of hydrogen-bond donors (Lipinski definition) is 2. The smallest absolute Gasteiger partial charge is 0.251 e. The minimum absolute atomic E-state index is 0.140. The molecule has 0 unspecified atom stereocenters. The van der Waals surface area contributed by atoms with Crippen LogP contribution in [0.5, 0.6) is 0 Å². The summed E-state index contributed by atoms with van der Waals surface area (Å²) in [7, 11) is 0. The molecule has 0 saturated carbocycles. The number of aromatic nitrogens is 1. The molecule has 23 heavy (non-hydrogen) atoms. The van der Waals surface area contributed by atoms with E-state index in [0.717, 1.165) is 40.6 Å². The van der Waals surface area contributed by atoms with Crippen LogP contribution in [0.3, 0.4) is 0 Å². The number of hydrogen-bond acceptors (Lipinski definition) is 5. The van der Waals surface area contributed by atoms with Crippen LogP contribution in [0.25, 0.3) is 10.6 Å². The topological polar surface area (TPSA) is 62.2 Å². The van der Waals surface area contributed by atoms with Crippen LogP contribution in [0.1, 0.15) is 28.9 Å². The van der Waals surface area contributed by atoms with E-state index in [1.807, 2.05) is 48.3 Å². The summed E-state index contributed by atoms with van der Waals surface area (Å²) in [5.74, 6) is 1.77. The van der Waals surface area contributed by atoms with Gasteiger partial charge in [0.1, 0.15) is 5.01 Å². The quantitative estimate of drug-likeness (QED) is 0.891. The summed E-state index contributed by atoms with van der Waals surface area (Å²) in [5, 5.41) is 16.3. The van der Waals surface area contributed by atoms with E-state index in [1.54, 1.807) is 11.3 Å². The highest BCUT2D eigenvalue weighted by Gasteiger charge is 2.29. The molecule has 1 aromatic carbocycles. The Morgan fingerprint density at radius 3 is 2.61 bits per heavy atom. The standard InChI is InChI=1S/C17H20N2O2S2/c1-12-10-23-16(19-12)14-4-2-13(3-5-14)15(20)18-11-17(21)6-8-22-9-7-17/h2-5,10,21H,6-9,11H2,1H3,(H,18,20). The summed E-state index contributed by atoms with van der Waals surface area (Å²) < 4.78 is 0.